The molecule has 9 heteroatoms. The summed E-state index contributed by atoms with van der Waals surface area (Å²) in [7, 11) is 2.36. The predicted octanol–water partition coefficient (Wildman–Crippen LogP) is 1.67. The number of hydrogen-bond acceptors (Lipinski definition) is 7. The molecule has 0 aliphatic carbocycles. The summed E-state index contributed by atoms with van der Waals surface area (Å²) in [6.45, 7) is 0. The second kappa shape index (κ2) is 6.88. The minimum Gasteiger partial charge on any atom is -0.468 e. The van der Waals surface area contributed by atoms with Gasteiger partial charge in [0.25, 0.3) is 0 Å². The van der Waals surface area contributed by atoms with Gasteiger partial charge in [-0.25, -0.2) is 0 Å². The summed E-state index contributed by atoms with van der Waals surface area (Å²) >= 11 is 6.48. The van der Waals surface area contributed by atoms with Crippen molar-refractivity contribution in [3.63, 3.8) is 0 Å². The highest BCUT2D eigenvalue weighted by Gasteiger charge is 2.66. The number of esters is 2. The van der Waals surface area contributed by atoms with Gasteiger partial charge in [0.1, 0.15) is 6.17 Å². The molecule has 0 spiro atoms. The SMILES string of the molecule is COC(=O)C1(C(=O)OC)C[C@@H](N2C(=O)CCC2=O)N2c3ccccc3C(Cl)=C[C@@H]21. The van der Waals surface area contributed by atoms with Crippen molar-refractivity contribution < 1.29 is 28.7 Å². The number of ether oxygens (including phenoxy) is 2. The molecular formula is C20H19ClN2O6. The molecule has 3 aliphatic rings. The summed E-state index contributed by atoms with van der Waals surface area (Å²) < 4.78 is 9.94. The van der Waals surface area contributed by atoms with Gasteiger partial charge in [-0.05, 0) is 12.1 Å². The number of likely N-dealkylation sites (tertiary alicyclic amines) is 1. The Balaban J connectivity index is 1.95. The third kappa shape index (κ3) is 2.58. The van der Waals surface area contributed by atoms with E-state index in [1.54, 1.807) is 35.2 Å². The molecule has 29 heavy (non-hydrogen) atoms. The van der Waals surface area contributed by atoms with Crippen molar-refractivity contribution in [3.8, 4) is 0 Å². The molecule has 2 amide bonds. The molecule has 1 aromatic rings. The fourth-order valence-electron chi connectivity index (χ4n) is 4.59. The van der Waals surface area contributed by atoms with E-state index < -0.39 is 29.6 Å². The number of carbonyl (C=O) groups is 4. The van der Waals surface area contributed by atoms with Gasteiger partial charge < -0.3 is 14.4 Å². The molecule has 0 saturated carbocycles. The summed E-state index contributed by atoms with van der Waals surface area (Å²) in [4.78, 5) is 53.8. The molecule has 152 valence electrons. The molecule has 4 rings (SSSR count). The molecule has 3 aliphatic heterocycles. The highest BCUT2D eigenvalue weighted by atomic mass is 35.5. The Bertz CT molecular complexity index is 926. The van der Waals surface area contributed by atoms with E-state index in [1.165, 1.54) is 14.2 Å². The number of amides is 2. The fraction of sp³-hybridized carbons (Fsp3) is 0.400. The van der Waals surface area contributed by atoms with Crippen molar-refractivity contribution in [2.24, 2.45) is 5.41 Å². The van der Waals surface area contributed by atoms with Crippen LogP contribution in [0.1, 0.15) is 24.8 Å². The lowest BCUT2D eigenvalue weighted by Crippen LogP contribution is -2.53. The van der Waals surface area contributed by atoms with Crippen LogP contribution < -0.4 is 4.90 Å². The summed E-state index contributed by atoms with van der Waals surface area (Å²) in [5.74, 6) is -2.30. The van der Waals surface area contributed by atoms with E-state index in [0.717, 1.165) is 4.90 Å². The molecule has 8 nitrogen and oxygen atoms in total. The van der Waals surface area contributed by atoms with Gasteiger partial charge in [-0.1, -0.05) is 29.8 Å². The van der Waals surface area contributed by atoms with Crippen LogP contribution in [0, 0.1) is 5.41 Å². The van der Waals surface area contributed by atoms with E-state index in [-0.39, 0.29) is 31.1 Å². The number of imide groups is 1. The Morgan fingerprint density at radius 3 is 2.24 bits per heavy atom. The lowest BCUT2D eigenvalue weighted by molar-refractivity contribution is -0.169. The van der Waals surface area contributed by atoms with Crippen LogP contribution in [0.4, 0.5) is 5.69 Å². The van der Waals surface area contributed by atoms with Crippen molar-refractivity contribution in [1.82, 2.24) is 4.90 Å². The van der Waals surface area contributed by atoms with E-state index in [0.29, 0.717) is 16.3 Å². The Kier molecular flexibility index (Phi) is 4.61. The van der Waals surface area contributed by atoms with Crippen molar-refractivity contribution in [2.75, 3.05) is 19.1 Å². The first-order valence-corrected chi connectivity index (χ1v) is 9.51. The molecule has 1 aromatic carbocycles. The van der Waals surface area contributed by atoms with Gasteiger partial charge >= 0.3 is 11.9 Å². The summed E-state index contributed by atoms with van der Waals surface area (Å²) in [6, 6.07) is 6.29. The maximum atomic E-state index is 12.9. The molecular weight excluding hydrogens is 400 g/mol. The van der Waals surface area contributed by atoms with Crippen LogP contribution in [0.25, 0.3) is 5.03 Å². The third-order valence-electron chi connectivity index (χ3n) is 5.86. The van der Waals surface area contributed by atoms with Crippen LogP contribution in [-0.2, 0) is 28.7 Å². The minimum absolute atomic E-state index is 0.0928. The van der Waals surface area contributed by atoms with Crippen LogP contribution in [0.3, 0.4) is 0 Å². The van der Waals surface area contributed by atoms with E-state index in [2.05, 4.69) is 0 Å². The minimum atomic E-state index is -1.77. The summed E-state index contributed by atoms with van der Waals surface area (Å²) in [5, 5.41) is 0.360. The highest BCUT2D eigenvalue weighted by molar-refractivity contribution is 6.49. The number of para-hydroxylation sites is 1. The smallest absolute Gasteiger partial charge is 0.325 e. The topological polar surface area (TPSA) is 93.2 Å². The predicted molar refractivity (Wildman–Crippen MR) is 102 cm³/mol. The van der Waals surface area contributed by atoms with Gasteiger partial charge in [0.05, 0.1) is 20.3 Å². The van der Waals surface area contributed by atoms with Crippen LogP contribution >= 0.6 is 11.6 Å². The number of methoxy groups -OCH3 is 2. The van der Waals surface area contributed by atoms with Crippen molar-refractivity contribution in [3.05, 3.63) is 35.9 Å². The maximum Gasteiger partial charge on any atom is 0.325 e. The summed E-state index contributed by atoms with van der Waals surface area (Å²) in [5.41, 5.74) is -0.470. The molecule has 3 heterocycles. The van der Waals surface area contributed by atoms with Crippen LogP contribution in [0.5, 0.6) is 0 Å². The average Bonchev–Trinajstić information content (AvgIpc) is 3.24. The number of hydrogen-bond donors (Lipinski definition) is 0. The monoisotopic (exact) mass is 418 g/mol. The van der Waals surface area contributed by atoms with Crippen LogP contribution in [0.15, 0.2) is 30.3 Å². The van der Waals surface area contributed by atoms with E-state index in [9.17, 15) is 19.2 Å². The number of nitrogens with zero attached hydrogens (tertiary/aromatic N) is 2. The van der Waals surface area contributed by atoms with Gasteiger partial charge in [0, 0.05) is 35.5 Å². The lowest BCUT2D eigenvalue weighted by Gasteiger charge is -2.40. The zero-order valence-corrected chi connectivity index (χ0v) is 16.6. The standard InChI is InChI=1S/C20H19ClN2O6/c1-28-18(26)20(19(27)29-2)10-15(23-16(24)7-8-17(23)25)22-13-6-4-3-5-11(13)12(21)9-14(20)22/h3-6,9,14-15H,7-8,10H2,1-2H3/t14-,15-/m1/s1. The molecule has 0 unspecified atom stereocenters. The molecule has 2 atom stereocenters. The van der Waals surface area contributed by atoms with E-state index in [1.807, 2.05) is 0 Å². The van der Waals surface area contributed by atoms with E-state index >= 15 is 0 Å². The normalized spacial score (nSPS) is 24.7. The zero-order valence-electron chi connectivity index (χ0n) is 15.9. The average molecular weight is 419 g/mol. The Morgan fingerprint density at radius 1 is 1.07 bits per heavy atom. The highest BCUT2D eigenvalue weighted by Crippen LogP contribution is 2.52. The largest absolute Gasteiger partial charge is 0.468 e. The Labute approximate surface area is 172 Å². The van der Waals surface area contributed by atoms with Gasteiger partial charge in [0.15, 0.2) is 5.41 Å². The second-order valence-electron chi connectivity index (χ2n) is 7.18. The number of carbonyl (C=O) groups excluding carboxylic acids is 4. The van der Waals surface area contributed by atoms with Crippen LogP contribution in [-0.4, -0.2) is 55.1 Å². The summed E-state index contributed by atoms with van der Waals surface area (Å²) in [6.07, 6.45) is 0.778. The van der Waals surface area contributed by atoms with Crippen molar-refractivity contribution in [1.29, 1.82) is 0 Å². The van der Waals surface area contributed by atoms with Gasteiger partial charge in [0.2, 0.25) is 11.8 Å². The van der Waals surface area contributed by atoms with Crippen LogP contribution in [0.2, 0.25) is 0 Å². The second-order valence-corrected chi connectivity index (χ2v) is 7.59. The van der Waals surface area contributed by atoms with Crippen molar-refractivity contribution >= 4 is 46.1 Å². The van der Waals surface area contributed by atoms with Gasteiger partial charge in [-0.3, -0.25) is 24.1 Å². The molecule has 0 aromatic heterocycles. The molecule has 2 fully saturated rings. The number of anilines is 1. The molecule has 0 bridgehead atoms. The van der Waals surface area contributed by atoms with Crippen molar-refractivity contribution in [2.45, 2.75) is 31.5 Å². The number of benzene rings is 1. The number of rotatable bonds is 3. The number of halogens is 1. The van der Waals surface area contributed by atoms with Gasteiger partial charge in [-0.2, -0.15) is 0 Å². The molecule has 0 radical (unpaired) electrons. The maximum absolute atomic E-state index is 12.9. The first-order valence-electron chi connectivity index (χ1n) is 9.13. The lowest BCUT2D eigenvalue weighted by atomic mass is 9.78. The molecule has 0 N–H and O–H groups in total. The molecule has 2 saturated heterocycles. The van der Waals surface area contributed by atoms with E-state index in [4.69, 9.17) is 21.1 Å². The first kappa shape index (κ1) is 19.4. The Morgan fingerprint density at radius 2 is 1.66 bits per heavy atom. The third-order valence-corrected chi connectivity index (χ3v) is 6.19. The zero-order chi connectivity index (χ0) is 20.9. The first-order chi connectivity index (χ1) is 13.9. The fourth-order valence-corrected chi connectivity index (χ4v) is 4.87. The number of fused-ring (bicyclic) bond motifs is 3. The quantitative estimate of drug-likeness (QED) is 0.418. The Hall–Kier alpha value is -2.87. The van der Waals surface area contributed by atoms with Gasteiger partial charge in [-0.15, -0.1) is 0 Å².